The van der Waals surface area contributed by atoms with Crippen molar-refractivity contribution < 1.29 is 19.1 Å². The minimum absolute atomic E-state index is 0.0662. The molecule has 7 nitrogen and oxygen atoms in total. The fraction of sp³-hybridized carbons (Fsp3) is 0.800. The fourth-order valence-corrected chi connectivity index (χ4v) is 2.24. The number of rotatable bonds is 3. The van der Waals surface area contributed by atoms with E-state index < -0.39 is 0 Å². The molecule has 0 bridgehead atoms. The molecular formula is C15H27N3O4. The molecule has 1 aliphatic rings. The molecule has 1 fully saturated rings. The van der Waals surface area contributed by atoms with Gasteiger partial charge in [0.1, 0.15) is 0 Å². The van der Waals surface area contributed by atoms with Gasteiger partial charge in [-0.2, -0.15) is 0 Å². The third kappa shape index (κ3) is 6.32. The largest absolute Gasteiger partial charge is 0.469 e. The Morgan fingerprint density at radius 2 is 1.59 bits per heavy atom. The van der Waals surface area contributed by atoms with Crippen LogP contribution in [0.1, 0.15) is 40.0 Å². The van der Waals surface area contributed by atoms with E-state index in [2.05, 4.69) is 10.1 Å². The van der Waals surface area contributed by atoms with Crippen molar-refractivity contribution >= 4 is 17.9 Å². The predicted molar refractivity (Wildman–Crippen MR) is 82.3 cm³/mol. The Morgan fingerprint density at radius 3 is 2.18 bits per heavy atom. The van der Waals surface area contributed by atoms with Gasteiger partial charge in [-0.3, -0.25) is 9.59 Å². The lowest BCUT2D eigenvalue weighted by atomic mass is 10.1. The molecule has 0 unspecified atom stereocenters. The first-order chi connectivity index (χ1) is 10.2. The summed E-state index contributed by atoms with van der Waals surface area (Å²) >= 11 is 0. The molecule has 1 heterocycles. The van der Waals surface area contributed by atoms with Crippen LogP contribution < -0.4 is 5.32 Å². The number of amides is 3. The summed E-state index contributed by atoms with van der Waals surface area (Å²) in [6.45, 7) is 8.05. The second-order valence-corrected chi connectivity index (χ2v) is 6.48. The molecule has 0 spiro atoms. The van der Waals surface area contributed by atoms with Gasteiger partial charge in [-0.15, -0.1) is 0 Å². The van der Waals surface area contributed by atoms with E-state index in [1.54, 1.807) is 9.80 Å². The average Bonchev–Trinajstić information content (AvgIpc) is 2.68. The van der Waals surface area contributed by atoms with Crippen LogP contribution in [0.5, 0.6) is 0 Å². The first-order valence-corrected chi connectivity index (χ1v) is 7.64. The van der Waals surface area contributed by atoms with Crippen LogP contribution in [0.3, 0.4) is 0 Å². The number of nitrogens with zero attached hydrogens (tertiary/aromatic N) is 2. The number of carbonyl (C=O) groups is 3. The van der Waals surface area contributed by atoms with Crippen LogP contribution >= 0.6 is 0 Å². The molecule has 0 saturated carbocycles. The summed E-state index contributed by atoms with van der Waals surface area (Å²) < 4.78 is 4.54. The lowest BCUT2D eigenvalue weighted by Crippen LogP contribution is -2.49. The van der Waals surface area contributed by atoms with E-state index >= 15 is 0 Å². The maximum absolute atomic E-state index is 12.1. The van der Waals surface area contributed by atoms with Crippen molar-refractivity contribution in [3.63, 3.8) is 0 Å². The second kappa shape index (κ2) is 8.00. The first kappa shape index (κ1) is 18.3. The average molecular weight is 313 g/mol. The van der Waals surface area contributed by atoms with Crippen LogP contribution in [0.25, 0.3) is 0 Å². The van der Waals surface area contributed by atoms with Crippen molar-refractivity contribution in [2.75, 3.05) is 33.3 Å². The van der Waals surface area contributed by atoms with E-state index in [1.807, 2.05) is 20.8 Å². The Kier molecular flexibility index (Phi) is 6.64. The summed E-state index contributed by atoms with van der Waals surface area (Å²) in [4.78, 5) is 38.8. The summed E-state index contributed by atoms with van der Waals surface area (Å²) in [5, 5.41) is 2.93. The zero-order valence-electron chi connectivity index (χ0n) is 14.0. The highest BCUT2D eigenvalue weighted by atomic mass is 16.5. The van der Waals surface area contributed by atoms with Crippen LogP contribution in [0.2, 0.25) is 0 Å². The third-order valence-corrected chi connectivity index (χ3v) is 3.39. The third-order valence-electron chi connectivity index (χ3n) is 3.39. The highest BCUT2D eigenvalue weighted by molar-refractivity contribution is 5.81. The molecule has 0 radical (unpaired) electrons. The molecule has 1 aliphatic heterocycles. The molecule has 0 aromatic carbocycles. The van der Waals surface area contributed by atoms with E-state index in [-0.39, 0.29) is 36.3 Å². The molecule has 1 rings (SSSR count). The van der Waals surface area contributed by atoms with Gasteiger partial charge in [-0.25, -0.2) is 4.79 Å². The highest BCUT2D eigenvalue weighted by Gasteiger charge is 2.24. The molecule has 1 N–H and O–H groups in total. The normalized spacial score (nSPS) is 16.0. The second-order valence-electron chi connectivity index (χ2n) is 6.48. The molecule has 7 heteroatoms. The minimum Gasteiger partial charge on any atom is -0.469 e. The van der Waals surface area contributed by atoms with E-state index in [4.69, 9.17) is 0 Å². The quantitative estimate of drug-likeness (QED) is 0.788. The topological polar surface area (TPSA) is 79.0 Å². The number of urea groups is 1. The lowest BCUT2D eigenvalue weighted by molar-refractivity contribution is -0.143. The van der Waals surface area contributed by atoms with Crippen LogP contribution in [0.15, 0.2) is 0 Å². The number of esters is 1. The van der Waals surface area contributed by atoms with E-state index in [0.29, 0.717) is 26.2 Å². The monoisotopic (exact) mass is 313 g/mol. The summed E-state index contributed by atoms with van der Waals surface area (Å²) in [6, 6.07) is -0.101. The molecule has 0 aromatic rings. The van der Waals surface area contributed by atoms with Crippen molar-refractivity contribution in [3.05, 3.63) is 0 Å². The Morgan fingerprint density at radius 1 is 1.00 bits per heavy atom. The number of hydrogen-bond donors (Lipinski definition) is 1. The van der Waals surface area contributed by atoms with Crippen molar-refractivity contribution in [1.29, 1.82) is 0 Å². The molecule has 0 aliphatic carbocycles. The van der Waals surface area contributed by atoms with E-state index in [1.165, 1.54) is 7.11 Å². The number of nitrogens with one attached hydrogen (secondary N) is 1. The molecule has 22 heavy (non-hydrogen) atoms. The van der Waals surface area contributed by atoms with Crippen LogP contribution in [0.4, 0.5) is 4.79 Å². The molecular weight excluding hydrogens is 286 g/mol. The number of carbonyl (C=O) groups excluding carboxylic acids is 3. The Balaban J connectivity index is 2.46. The number of hydrogen-bond acceptors (Lipinski definition) is 4. The van der Waals surface area contributed by atoms with E-state index in [0.717, 1.165) is 6.42 Å². The van der Waals surface area contributed by atoms with Gasteiger partial charge in [0.25, 0.3) is 0 Å². The van der Waals surface area contributed by atoms with Crippen molar-refractivity contribution in [1.82, 2.24) is 15.1 Å². The van der Waals surface area contributed by atoms with Gasteiger partial charge in [-0.05, 0) is 27.2 Å². The number of ether oxygens (including phenoxy) is 1. The van der Waals surface area contributed by atoms with Gasteiger partial charge < -0.3 is 19.9 Å². The lowest BCUT2D eigenvalue weighted by Gasteiger charge is -2.27. The molecule has 1 saturated heterocycles. The SMILES string of the molecule is COC(=O)CCC(=O)N1CCCN(C(=O)NC(C)(C)C)CC1. The van der Waals surface area contributed by atoms with Gasteiger partial charge in [0.05, 0.1) is 13.5 Å². The number of methoxy groups -OCH3 is 1. The van der Waals surface area contributed by atoms with Gasteiger partial charge >= 0.3 is 12.0 Å². The van der Waals surface area contributed by atoms with Crippen molar-refractivity contribution in [3.8, 4) is 0 Å². The maximum atomic E-state index is 12.1. The van der Waals surface area contributed by atoms with Gasteiger partial charge in [0.2, 0.25) is 5.91 Å². The van der Waals surface area contributed by atoms with E-state index in [9.17, 15) is 14.4 Å². The molecule has 0 atom stereocenters. The summed E-state index contributed by atoms with van der Waals surface area (Å²) in [6.07, 6.45) is 0.989. The zero-order chi connectivity index (χ0) is 16.8. The molecule has 3 amide bonds. The maximum Gasteiger partial charge on any atom is 0.317 e. The highest BCUT2D eigenvalue weighted by Crippen LogP contribution is 2.08. The Bertz CT molecular complexity index is 418. The predicted octanol–water partition coefficient (Wildman–Crippen LogP) is 0.982. The first-order valence-electron chi connectivity index (χ1n) is 7.64. The summed E-state index contributed by atoms with van der Waals surface area (Å²) in [5.41, 5.74) is -0.278. The van der Waals surface area contributed by atoms with Gasteiger partial charge in [0, 0.05) is 38.1 Å². The Hall–Kier alpha value is -1.79. The van der Waals surface area contributed by atoms with Crippen LogP contribution in [-0.2, 0) is 14.3 Å². The standard InChI is InChI=1S/C15H27N3O4/c1-15(2,3)16-14(21)18-9-5-8-17(10-11-18)12(19)6-7-13(20)22-4/h5-11H2,1-4H3,(H,16,21). The van der Waals surface area contributed by atoms with Crippen LogP contribution in [0, 0.1) is 0 Å². The summed E-state index contributed by atoms with van der Waals surface area (Å²) in [7, 11) is 1.31. The molecule has 126 valence electrons. The van der Waals surface area contributed by atoms with Crippen LogP contribution in [-0.4, -0.2) is 66.5 Å². The Labute approximate surface area is 132 Å². The smallest absolute Gasteiger partial charge is 0.317 e. The fourth-order valence-electron chi connectivity index (χ4n) is 2.24. The summed E-state index contributed by atoms with van der Waals surface area (Å²) in [5.74, 6) is -0.446. The van der Waals surface area contributed by atoms with Gasteiger partial charge in [0.15, 0.2) is 0 Å². The van der Waals surface area contributed by atoms with Crippen molar-refractivity contribution in [2.45, 2.75) is 45.6 Å². The van der Waals surface area contributed by atoms with Gasteiger partial charge in [-0.1, -0.05) is 0 Å². The zero-order valence-corrected chi connectivity index (χ0v) is 14.0. The molecule has 0 aromatic heterocycles. The van der Waals surface area contributed by atoms with Crippen molar-refractivity contribution in [2.24, 2.45) is 0 Å². The minimum atomic E-state index is -0.380.